The predicted molar refractivity (Wildman–Crippen MR) is 130 cm³/mol. The number of amides is 1. The average Bonchev–Trinajstić information content (AvgIpc) is 2.97. The van der Waals surface area contributed by atoms with Gasteiger partial charge in [0.05, 0.1) is 18.8 Å². The van der Waals surface area contributed by atoms with Crippen molar-refractivity contribution in [1.29, 1.82) is 0 Å². The van der Waals surface area contributed by atoms with Gasteiger partial charge in [-0.05, 0) is 69.5 Å². The molecule has 9 heteroatoms. The maximum absolute atomic E-state index is 12.9. The first-order valence-corrected chi connectivity index (χ1v) is 11.9. The number of rotatable bonds is 6. The number of hydrogen-bond donors (Lipinski definition) is 1. The third-order valence-corrected chi connectivity index (χ3v) is 5.65. The van der Waals surface area contributed by atoms with Crippen molar-refractivity contribution < 1.29 is 33.7 Å². The van der Waals surface area contributed by atoms with Gasteiger partial charge in [-0.25, -0.2) is 14.4 Å². The molecule has 0 bridgehead atoms. The third-order valence-electron chi connectivity index (χ3n) is 5.65. The highest BCUT2D eigenvalue weighted by molar-refractivity contribution is 5.93. The SMILES string of the molecule is CCOC(=O)c1cccc(OC(=O)N2CCCCCN(c3ccc(O)c(C(=O)OCC)c3)CC2)c1. The van der Waals surface area contributed by atoms with Crippen LogP contribution in [0.4, 0.5) is 10.5 Å². The maximum Gasteiger partial charge on any atom is 0.415 e. The van der Waals surface area contributed by atoms with Crippen molar-refractivity contribution in [3.05, 3.63) is 53.6 Å². The summed E-state index contributed by atoms with van der Waals surface area (Å²) in [5.41, 5.74) is 1.20. The Morgan fingerprint density at radius 1 is 0.857 bits per heavy atom. The minimum absolute atomic E-state index is 0.113. The number of phenols is 1. The number of aromatic hydroxyl groups is 1. The van der Waals surface area contributed by atoms with Crippen LogP contribution in [0, 0.1) is 0 Å². The van der Waals surface area contributed by atoms with E-state index in [2.05, 4.69) is 4.90 Å². The molecule has 0 atom stereocenters. The summed E-state index contributed by atoms with van der Waals surface area (Å²) in [7, 11) is 0. The summed E-state index contributed by atoms with van der Waals surface area (Å²) < 4.78 is 15.6. The van der Waals surface area contributed by atoms with Crippen LogP contribution >= 0.6 is 0 Å². The maximum atomic E-state index is 12.9. The molecule has 188 valence electrons. The van der Waals surface area contributed by atoms with Crippen molar-refractivity contribution >= 4 is 23.7 Å². The van der Waals surface area contributed by atoms with E-state index in [9.17, 15) is 19.5 Å². The number of benzene rings is 2. The number of carbonyl (C=O) groups is 3. The van der Waals surface area contributed by atoms with Crippen molar-refractivity contribution in [2.75, 3.05) is 44.3 Å². The molecule has 1 aliphatic heterocycles. The quantitative estimate of drug-likeness (QED) is 0.607. The highest BCUT2D eigenvalue weighted by Crippen LogP contribution is 2.26. The fourth-order valence-corrected chi connectivity index (χ4v) is 3.85. The van der Waals surface area contributed by atoms with Gasteiger partial charge in [-0.3, -0.25) is 0 Å². The fraction of sp³-hybridized carbons (Fsp3) is 0.423. The highest BCUT2D eigenvalue weighted by atomic mass is 16.6. The summed E-state index contributed by atoms with van der Waals surface area (Å²) in [6.07, 6.45) is 2.17. The van der Waals surface area contributed by atoms with Gasteiger partial charge in [0, 0.05) is 31.9 Å². The van der Waals surface area contributed by atoms with Gasteiger partial charge in [-0.15, -0.1) is 0 Å². The monoisotopic (exact) mass is 484 g/mol. The predicted octanol–water partition coefficient (Wildman–Crippen LogP) is 4.24. The van der Waals surface area contributed by atoms with Crippen LogP contribution < -0.4 is 9.64 Å². The van der Waals surface area contributed by atoms with Crippen LogP contribution in [0.2, 0.25) is 0 Å². The van der Waals surface area contributed by atoms with Crippen LogP contribution in [0.5, 0.6) is 11.5 Å². The molecule has 0 saturated carbocycles. The normalized spacial score (nSPS) is 14.3. The van der Waals surface area contributed by atoms with Gasteiger partial charge >= 0.3 is 18.0 Å². The first kappa shape index (κ1) is 25.9. The van der Waals surface area contributed by atoms with Gasteiger partial charge in [0.2, 0.25) is 0 Å². The Morgan fingerprint density at radius 2 is 1.60 bits per heavy atom. The molecule has 2 aromatic carbocycles. The summed E-state index contributed by atoms with van der Waals surface area (Å²) >= 11 is 0. The number of hydrogen-bond acceptors (Lipinski definition) is 8. The van der Waals surface area contributed by atoms with Crippen LogP contribution in [0.1, 0.15) is 53.8 Å². The number of nitrogens with zero attached hydrogens (tertiary/aromatic N) is 2. The molecule has 1 heterocycles. The molecule has 0 radical (unpaired) electrons. The highest BCUT2D eigenvalue weighted by Gasteiger charge is 2.21. The van der Waals surface area contributed by atoms with E-state index in [-0.39, 0.29) is 30.3 Å². The topological polar surface area (TPSA) is 106 Å². The zero-order valence-corrected chi connectivity index (χ0v) is 20.2. The van der Waals surface area contributed by atoms with Crippen molar-refractivity contribution in [3.63, 3.8) is 0 Å². The second-order valence-electron chi connectivity index (χ2n) is 8.07. The summed E-state index contributed by atoms with van der Waals surface area (Å²) in [4.78, 5) is 40.8. The van der Waals surface area contributed by atoms with Gasteiger partial charge in [0.25, 0.3) is 0 Å². The zero-order valence-electron chi connectivity index (χ0n) is 20.2. The molecular formula is C26H32N2O7. The largest absolute Gasteiger partial charge is 0.507 e. The number of phenolic OH excluding ortho intramolecular Hbond substituents is 1. The number of esters is 2. The molecule has 9 nitrogen and oxygen atoms in total. The minimum atomic E-state index is -0.577. The lowest BCUT2D eigenvalue weighted by Crippen LogP contribution is -2.40. The standard InChI is InChI=1S/C26H32N2O7/c1-3-33-24(30)19-9-8-10-21(17-19)35-26(32)28-14-7-5-6-13-27(15-16-28)20-11-12-23(29)22(18-20)25(31)34-4-2/h8-12,17-18,29H,3-7,13-16H2,1-2H3. The van der Waals surface area contributed by atoms with Crippen molar-refractivity contribution in [3.8, 4) is 11.5 Å². The number of carbonyl (C=O) groups excluding carboxylic acids is 3. The molecule has 0 spiro atoms. The van der Waals surface area contributed by atoms with Crippen molar-refractivity contribution in [1.82, 2.24) is 4.90 Å². The molecule has 0 aromatic heterocycles. The molecule has 0 aliphatic carbocycles. The Hall–Kier alpha value is -3.75. The van der Waals surface area contributed by atoms with Gasteiger partial charge in [0.1, 0.15) is 17.1 Å². The molecule has 0 unspecified atom stereocenters. The molecular weight excluding hydrogens is 452 g/mol. The number of ether oxygens (including phenoxy) is 3. The lowest BCUT2D eigenvalue weighted by Gasteiger charge is -2.27. The van der Waals surface area contributed by atoms with E-state index in [1.165, 1.54) is 12.1 Å². The van der Waals surface area contributed by atoms with Gasteiger partial charge < -0.3 is 29.1 Å². The van der Waals surface area contributed by atoms with Gasteiger partial charge in [-0.1, -0.05) is 6.07 Å². The fourth-order valence-electron chi connectivity index (χ4n) is 3.85. The van der Waals surface area contributed by atoms with Crippen molar-refractivity contribution in [2.24, 2.45) is 0 Å². The van der Waals surface area contributed by atoms with Crippen molar-refractivity contribution in [2.45, 2.75) is 33.1 Å². The van der Waals surface area contributed by atoms with E-state index in [1.807, 2.05) is 0 Å². The first-order valence-electron chi connectivity index (χ1n) is 11.9. The molecule has 1 amide bonds. The van der Waals surface area contributed by atoms with E-state index in [4.69, 9.17) is 14.2 Å². The molecule has 35 heavy (non-hydrogen) atoms. The Morgan fingerprint density at radius 3 is 2.37 bits per heavy atom. The lowest BCUT2D eigenvalue weighted by atomic mass is 10.1. The molecule has 3 rings (SSSR count). The van der Waals surface area contributed by atoms with Crippen LogP contribution in [0.3, 0.4) is 0 Å². The van der Waals surface area contributed by atoms with E-state index < -0.39 is 18.0 Å². The average molecular weight is 485 g/mol. The van der Waals surface area contributed by atoms with E-state index in [1.54, 1.807) is 49.1 Å². The smallest absolute Gasteiger partial charge is 0.415 e. The first-order chi connectivity index (χ1) is 16.9. The Bertz CT molecular complexity index is 1040. The van der Waals surface area contributed by atoms with E-state index in [0.29, 0.717) is 25.2 Å². The summed E-state index contributed by atoms with van der Waals surface area (Å²) in [6, 6.07) is 11.2. The summed E-state index contributed by atoms with van der Waals surface area (Å²) in [5, 5.41) is 10.1. The van der Waals surface area contributed by atoms with E-state index in [0.717, 1.165) is 31.5 Å². The minimum Gasteiger partial charge on any atom is -0.507 e. The third kappa shape index (κ3) is 7.11. The Balaban J connectivity index is 1.70. The summed E-state index contributed by atoms with van der Waals surface area (Å²) in [5.74, 6) is -0.909. The molecule has 1 saturated heterocycles. The van der Waals surface area contributed by atoms with Crippen LogP contribution in [-0.4, -0.2) is 67.4 Å². The molecule has 1 aliphatic rings. The van der Waals surface area contributed by atoms with Crippen LogP contribution in [0.15, 0.2) is 42.5 Å². The van der Waals surface area contributed by atoms with Crippen LogP contribution in [0.25, 0.3) is 0 Å². The molecule has 1 N–H and O–H groups in total. The Labute approximate surface area is 205 Å². The second kappa shape index (κ2) is 12.6. The zero-order chi connectivity index (χ0) is 25.2. The lowest BCUT2D eigenvalue weighted by molar-refractivity contribution is 0.0514. The van der Waals surface area contributed by atoms with Crippen LogP contribution in [-0.2, 0) is 9.47 Å². The second-order valence-corrected chi connectivity index (χ2v) is 8.07. The van der Waals surface area contributed by atoms with E-state index >= 15 is 0 Å². The molecule has 2 aromatic rings. The Kier molecular flexibility index (Phi) is 9.34. The summed E-state index contributed by atoms with van der Waals surface area (Å²) in [6.45, 7) is 6.14. The number of anilines is 1. The molecule has 1 fully saturated rings. The van der Waals surface area contributed by atoms with Gasteiger partial charge in [0.15, 0.2) is 0 Å². The van der Waals surface area contributed by atoms with Gasteiger partial charge in [-0.2, -0.15) is 0 Å².